The summed E-state index contributed by atoms with van der Waals surface area (Å²) in [6, 6.07) is 5.43. The summed E-state index contributed by atoms with van der Waals surface area (Å²) in [5.41, 5.74) is 4.18. The monoisotopic (exact) mass is 318 g/mol. The Morgan fingerprint density at radius 1 is 1.52 bits per heavy atom. The molecule has 0 unspecified atom stereocenters. The molecular formula is C15H11ClN2O2S. The highest BCUT2D eigenvalue weighted by atomic mass is 35.5. The van der Waals surface area contributed by atoms with E-state index in [9.17, 15) is 0 Å². The molecule has 0 spiro atoms. The lowest BCUT2D eigenvalue weighted by Crippen LogP contribution is -2.06. The van der Waals surface area contributed by atoms with E-state index in [0.717, 1.165) is 17.0 Å². The van der Waals surface area contributed by atoms with Gasteiger partial charge < -0.3 is 9.57 Å². The molecule has 21 heavy (non-hydrogen) atoms. The van der Waals surface area contributed by atoms with Crippen molar-refractivity contribution in [1.82, 2.24) is 4.98 Å². The minimum absolute atomic E-state index is 0.180. The molecule has 0 saturated carbocycles. The lowest BCUT2D eigenvalue weighted by molar-refractivity contribution is 0.0835. The lowest BCUT2D eigenvalue weighted by Gasteiger charge is -2.15. The maximum absolute atomic E-state index is 6.28. The summed E-state index contributed by atoms with van der Waals surface area (Å²) < 4.78 is 5.54. The van der Waals surface area contributed by atoms with E-state index in [1.165, 1.54) is 11.3 Å². The lowest BCUT2D eigenvalue weighted by atomic mass is 10.0. The van der Waals surface area contributed by atoms with E-state index in [4.69, 9.17) is 27.6 Å². The average Bonchev–Trinajstić information content (AvgIpc) is 3.15. The Labute approximate surface area is 131 Å². The fourth-order valence-electron chi connectivity index (χ4n) is 2.11. The average molecular weight is 319 g/mol. The van der Waals surface area contributed by atoms with Gasteiger partial charge in [-0.2, -0.15) is 0 Å². The molecule has 2 heterocycles. The number of terminal acetylenes is 1. The van der Waals surface area contributed by atoms with Crippen molar-refractivity contribution in [3.63, 3.8) is 0 Å². The van der Waals surface area contributed by atoms with Gasteiger partial charge in [0, 0.05) is 11.8 Å². The zero-order valence-corrected chi connectivity index (χ0v) is 12.5. The van der Waals surface area contributed by atoms with Crippen LogP contribution in [0.2, 0.25) is 5.02 Å². The maximum atomic E-state index is 6.28. The number of rotatable bonds is 4. The van der Waals surface area contributed by atoms with Gasteiger partial charge in [0.25, 0.3) is 0 Å². The minimum atomic E-state index is -0.289. The van der Waals surface area contributed by atoms with Gasteiger partial charge in [-0.05, 0) is 12.1 Å². The maximum Gasteiger partial charge on any atom is 0.163 e. The third-order valence-electron chi connectivity index (χ3n) is 3.04. The van der Waals surface area contributed by atoms with Gasteiger partial charge in [-0.25, -0.2) is 4.98 Å². The third-order valence-corrected chi connectivity index (χ3v) is 3.96. The van der Waals surface area contributed by atoms with Gasteiger partial charge in [-0.15, -0.1) is 17.8 Å². The van der Waals surface area contributed by atoms with E-state index in [1.807, 2.05) is 17.5 Å². The Morgan fingerprint density at radius 2 is 2.43 bits per heavy atom. The van der Waals surface area contributed by atoms with Crippen molar-refractivity contribution in [2.75, 3.05) is 6.61 Å². The number of halogens is 1. The van der Waals surface area contributed by atoms with Crippen LogP contribution in [0.1, 0.15) is 23.8 Å². The first-order valence-electron chi connectivity index (χ1n) is 6.25. The van der Waals surface area contributed by atoms with Crippen molar-refractivity contribution in [1.29, 1.82) is 0 Å². The molecule has 6 heteroatoms. The number of hydrogen-bond acceptors (Lipinski definition) is 5. The quantitative estimate of drug-likeness (QED) is 0.808. The van der Waals surface area contributed by atoms with Gasteiger partial charge >= 0.3 is 0 Å². The van der Waals surface area contributed by atoms with E-state index in [-0.39, 0.29) is 12.7 Å². The smallest absolute Gasteiger partial charge is 0.163 e. The Kier molecular flexibility index (Phi) is 4.09. The van der Waals surface area contributed by atoms with E-state index in [1.54, 1.807) is 11.6 Å². The van der Waals surface area contributed by atoms with Crippen LogP contribution in [-0.2, 0) is 4.84 Å². The molecule has 0 amide bonds. The molecule has 1 atom stereocenters. The molecular weight excluding hydrogens is 308 g/mol. The molecule has 2 aromatic rings. The molecule has 1 aliphatic heterocycles. The second-order valence-electron chi connectivity index (χ2n) is 4.35. The van der Waals surface area contributed by atoms with Gasteiger partial charge in [0.15, 0.2) is 6.10 Å². The minimum Gasteiger partial charge on any atom is -0.480 e. The predicted molar refractivity (Wildman–Crippen MR) is 82.9 cm³/mol. The first-order chi connectivity index (χ1) is 10.3. The zero-order valence-electron chi connectivity index (χ0n) is 11.0. The Morgan fingerprint density at radius 3 is 3.19 bits per heavy atom. The van der Waals surface area contributed by atoms with E-state index in [0.29, 0.717) is 17.2 Å². The number of ether oxygens (including phenoxy) is 1. The highest BCUT2D eigenvalue weighted by Crippen LogP contribution is 2.39. The molecule has 0 fully saturated rings. The van der Waals surface area contributed by atoms with Gasteiger partial charge in [0.2, 0.25) is 0 Å². The van der Waals surface area contributed by atoms with Crippen LogP contribution < -0.4 is 4.74 Å². The predicted octanol–water partition coefficient (Wildman–Crippen LogP) is 3.67. The second kappa shape index (κ2) is 6.17. The van der Waals surface area contributed by atoms with Crippen molar-refractivity contribution in [3.05, 3.63) is 45.4 Å². The second-order valence-corrected chi connectivity index (χ2v) is 5.48. The molecule has 0 aliphatic carbocycles. The van der Waals surface area contributed by atoms with Crippen molar-refractivity contribution in [2.45, 2.75) is 12.5 Å². The molecule has 1 aromatic heterocycles. The molecule has 4 nitrogen and oxygen atoms in total. The molecule has 0 bridgehead atoms. The third kappa shape index (κ3) is 2.87. The van der Waals surface area contributed by atoms with Crippen LogP contribution in [0.5, 0.6) is 5.75 Å². The number of benzene rings is 1. The summed E-state index contributed by atoms with van der Waals surface area (Å²) in [4.78, 5) is 9.75. The standard InChI is InChI=1S/C15H11ClN2O2S/c1-2-6-19-13-5-3-4-10(16)15(13)14-7-11(18-20-14)12-8-21-9-17-12/h1,3-5,8-9,14H,6-7H2/t14-/m0/s1. The van der Waals surface area contributed by atoms with Crippen LogP contribution in [0.25, 0.3) is 0 Å². The molecule has 0 N–H and O–H groups in total. The van der Waals surface area contributed by atoms with Crippen LogP contribution in [0, 0.1) is 12.3 Å². The van der Waals surface area contributed by atoms with E-state index in [2.05, 4.69) is 16.1 Å². The number of thiazole rings is 1. The summed E-state index contributed by atoms with van der Waals surface area (Å²) >= 11 is 7.81. The van der Waals surface area contributed by atoms with E-state index >= 15 is 0 Å². The molecule has 0 saturated heterocycles. The zero-order chi connectivity index (χ0) is 14.7. The fourth-order valence-corrected chi connectivity index (χ4v) is 2.96. The van der Waals surface area contributed by atoms with Crippen LogP contribution in [0.15, 0.2) is 34.2 Å². The molecule has 0 radical (unpaired) electrons. The normalized spacial score (nSPS) is 17.0. The fraction of sp³-hybridized carbons (Fsp3) is 0.200. The number of oxime groups is 1. The number of nitrogens with zero attached hydrogens (tertiary/aromatic N) is 2. The van der Waals surface area contributed by atoms with Gasteiger partial charge in [0.05, 0.1) is 21.8 Å². The molecule has 1 aliphatic rings. The summed E-state index contributed by atoms with van der Waals surface area (Å²) in [6.07, 6.45) is 5.54. The summed E-state index contributed by atoms with van der Waals surface area (Å²) in [5, 5.41) is 6.62. The Bertz CT molecular complexity index is 707. The largest absolute Gasteiger partial charge is 0.480 e. The van der Waals surface area contributed by atoms with Crippen molar-refractivity contribution in [2.24, 2.45) is 5.16 Å². The topological polar surface area (TPSA) is 43.7 Å². The van der Waals surface area contributed by atoms with Gasteiger partial charge in [-0.3, -0.25) is 0 Å². The van der Waals surface area contributed by atoms with Crippen LogP contribution in [0.3, 0.4) is 0 Å². The van der Waals surface area contributed by atoms with Crippen LogP contribution in [-0.4, -0.2) is 17.3 Å². The first-order valence-corrected chi connectivity index (χ1v) is 7.57. The first kappa shape index (κ1) is 13.9. The summed E-state index contributed by atoms with van der Waals surface area (Å²) in [7, 11) is 0. The SMILES string of the molecule is C#CCOc1cccc(Cl)c1[C@@H]1CC(c2cscn2)=NO1. The number of aromatic nitrogens is 1. The number of hydrogen-bond donors (Lipinski definition) is 0. The molecule has 1 aromatic carbocycles. The van der Waals surface area contributed by atoms with Crippen molar-refractivity contribution >= 4 is 28.6 Å². The summed E-state index contributed by atoms with van der Waals surface area (Å²) in [6.45, 7) is 0.180. The highest BCUT2D eigenvalue weighted by molar-refractivity contribution is 7.07. The van der Waals surface area contributed by atoms with Crippen LogP contribution >= 0.6 is 22.9 Å². The molecule has 106 valence electrons. The van der Waals surface area contributed by atoms with Gasteiger partial charge in [-0.1, -0.05) is 28.7 Å². The van der Waals surface area contributed by atoms with Gasteiger partial charge in [0.1, 0.15) is 18.1 Å². The Balaban J connectivity index is 1.84. The van der Waals surface area contributed by atoms with Crippen LogP contribution in [0.4, 0.5) is 0 Å². The molecule has 3 rings (SSSR count). The van der Waals surface area contributed by atoms with Crippen molar-refractivity contribution in [3.8, 4) is 18.1 Å². The summed E-state index contributed by atoms with van der Waals surface area (Å²) in [5.74, 6) is 3.07. The van der Waals surface area contributed by atoms with E-state index < -0.39 is 0 Å². The Hall–Kier alpha value is -2.03. The van der Waals surface area contributed by atoms with Crippen molar-refractivity contribution < 1.29 is 9.57 Å². The highest BCUT2D eigenvalue weighted by Gasteiger charge is 2.29.